The van der Waals surface area contributed by atoms with E-state index in [9.17, 15) is 14.4 Å². The summed E-state index contributed by atoms with van der Waals surface area (Å²) in [5, 5.41) is 18.8. The highest BCUT2D eigenvalue weighted by molar-refractivity contribution is 6.34. The highest BCUT2D eigenvalue weighted by atomic mass is 35.5. The lowest BCUT2D eigenvalue weighted by atomic mass is 10.0. The summed E-state index contributed by atoms with van der Waals surface area (Å²) < 4.78 is 19.8. The van der Waals surface area contributed by atoms with Gasteiger partial charge in [0.15, 0.2) is 11.6 Å². The summed E-state index contributed by atoms with van der Waals surface area (Å²) >= 11 is 6.73. The number of piperidine rings is 1. The third-order valence-electron chi connectivity index (χ3n) is 6.66. The number of benzene rings is 2. The lowest BCUT2D eigenvalue weighted by molar-refractivity contribution is -0.111. The molecule has 1 saturated heterocycles. The van der Waals surface area contributed by atoms with Crippen LogP contribution < -0.4 is 25.6 Å². The van der Waals surface area contributed by atoms with Gasteiger partial charge in [0.1, 0.15) is 23.1 Å². The molecular formula is C28H30ClFN8O2. The zero-order valence-electron chi connectivity index (χ0n) is 22.5. The van der Waals surface area contributed by atoms with E-state index in [1.54, 1.807) is 18.2 Å². The maximum Gasteiger partial charge on any atom is 0.247 e. The molecule has 0 spiro atoms. The zero-order chi connectivity index (χ0) is 28.8. The number of halogens is 2. The van der Waals surface area contributed by atoms with Gasteiger partial charge in [-0.05, 0) is 57.3 Å². The van der Waals surface area contributed by atoms with Gasteiger partial charge < -0.3 is 30.5 Å². The Hall–Kier alpha value is -4.40. The number of nitriles is 1. The highest BCUT2D eigenvalue weighted by Crippen LogP contribution is 2.38. The Morgan fingerprint density at radius 2 is 2.02 bits per heavy atom. The van der Waals surface area contributed by atoms with Crippen molar-refractivity contribution in [2.45, 2.75) is 18.9 Å². The number of anilines is 6. The summed E-state index contributed by atoms with van der Waals surface area (Å²) in [6.45, 7) is 5.17. The van der Waals surface area contributed by atoms with Crippen LogP contribution in [-0.4, -0.2) is 61.1 Å². The molecule has 40 heavy (non-hydrogen) atoms. The van der Waals surface area contributed by atoms with Gasteiger partial charge in [-0.3, -0.25) is 4.79 Å². The third-order valence-corrected chi connectivity index (χ3v) is 6.96. The van der Waals surface area contributed by atoms with Gasteiger partial charge in [-0.15, -0.1) is 0 Å². The summed E-state index contributed by atoms with van der Waals surface area (Å²) in [5.74, 6) is -0.600. The Bertz CT molecular complexity index is 1450. The Balaban J connectivity index is 1.66. The van der Waals surface area contributed by atoms with Crippen LogP contribution in [0.25, 0.3) is 0 Å². The third kappa shape index (κ3) is 6.42. The fraction of sp³-hybridized carbons (Fsp3) is 0.286. The van der Waals surface area contributed by atoms with E-state index in [4.69, 9.17) is 16.3 Å². The number of hydrogen-bond donors (Lipinski definition) is 3. The van der Waals surface area contributed by atoms with E-state index in [1.165, 1.54) is 31.5 Å². The van der Waals surface area contributed by atoms with Gasteiger partial charge >= 0.3 is 0 Å². The number of carbonyl (C=O) groups excluding carboxylic acids is 1. The van der Waals surface area contributed by atoms with E-state index >= 15 is 0 Å². The van der Waals surface area contributed by atoms with Gasteiger partial charge in [-0.2, -0.15) is 10.2 Å². The van der Waals surface area contributed by atoms with Gasteiger partial charge in [0.25, 0.3) is 0 Å². The van der Waals surface area contributed by atoms with Crippen LogP contribution >= 0.6 is 11.6 Å². The molecule has 4 rings (SSSR count). The van der Waals surface area contributed by atoms with Crippen LogP contribution in [0.2, 0.25) is 5.02 Å². The number of para-hydroxylation sites is 1. The van der Waals surface area contributed by atoms with Crippen molar-refractivity contribution in [1.29, 1.82) is 5.26 Å². The number of ether oxygens (including phenoxy) is 1. The number of methoxy groups -OCH3 is 1. The molecule has 3 aromatic rings. The molecule has 12 heteroatoms. The number of rotatable bonds is 9. The lowest BCUT2D eigenvalue weighted by Crippen LogP contribution is -2.42. The van der Waals surface area contributed by atoms with E-state index in [0.717, 1.165) is 31.6 Å². The maximum absolute atomic E-state index is 14.6. The van der Waals surface area contributed by atoms with Gasteiger partial charge in [-0.25, -0.2) is 9.37 Å². The molecule has 1 fully saturated rings. The molecule has 0 unspecified atom stereocenters. The second-order valence-electron chi connectivity index (χ2n) is 9.36. The number of nitrogens with one attached hydrogen (secondary N) is 3. The van der Waals surface area contributed by atoms with Gasteiger partial charge in [0, 0.05) is 19.1 Å². The van der Waals surface area contributed by atoms with Crippen molar-refractivity contribution in [3.63, 3.8) is 0 Å². The quantitative estimate of drug-likeness (QED) is 0.298. The molecular weight excluding hydrogens is 535 g/mol. The van der Waals surface area contributed by atoms with Crippen molar-refractivity contribution in [1.82, 2.24) is 14.9 Å². The summed E-state index contributed by atoms with van der Waals surface area (Å²) in [6, 6.07) is 10.3. The molecule has 1 aliphatic heterocycles. The summed E-state index contributed by atoms with van der Waals surface area (Å²) in [6.07, 6.45) is 4.44. The SMILES string of the molecule is C=CC(=O)Nc1cc(N2CCC(N(C)C)CC2)c(Cl)cc1Nc1ncc(C#N)c(Nc2c(F)cccc2OC)n1. The van der Waals surface area contributed by atoms with E-state index in [-0.39, 0.29) is 28.8 Å². The first kappa shape index (κ1) is 28.6. The zero-order valence-corrected chi connectivity index (χ0v) is 23.2. The summed E-state index contributed by atoms with van der Waals surface area (Å²) in [5.41, 5.74) is 1.77. The molecule has 0 bridgehead atoms. The predicted octanol–water partition coefficient (Wildman–Crippen LogP) is 5.29. The molecule has 10 nitrogen and oxygen atoms in total. The van der Waals surface area contributed by atoms with Gasteiger partial charge in [0.05, 0.1) is 35.4 Å². The fourth-order valence-electron chi connectivity index (χ4n) is 4.47. The van der Waals surface area contributed by atoms with Gasteiger partial charge in [0.2, 0.25) is 11.9 Å². The van der Waals surface area contributed by atoms with Crippen LogP contribution in [0.3, 0.4) is 0 Å². The Kier molecular flexibility index (Phi) is 9.04. The first-order chi connectivity index (χ1) is 19.2. The highest BCUT2D eigenvalue weighted by Gasteiger charge is 2.24. The number of aromatic nitrogens is 2. The molecule has 0 radical (unpaired) electrons. The van der Waals surface area contributed by atoms with Crippen LogP contribution in [0, 0.1) is 17.1 Å². The Morgan fingerprint density at radius 3 is 2.67 bits per heavy atom. The van der Waals surface area contributed by atoms with Crippen LogP contribution in [0.4, 0.5) is 38.9 Å². The molecule has 2 heterocycles. The number of nitrogens with zero attached hydrogens (tertiary/aromatic N) is 5. The maximum atomic E-state index is 14.6. The minimum Gasteiger partial charge on any atom is -0.494 e. The molecule has 208 valence electrons. The Morgan fingerprint density at radius 1 is 1.27 bits per heavy atom. The standard InChI is InChI=1S/C28H30ClFN8O2/c1-5-25(39)33-22-14-23(38-11-9-18(10-12-38)37(2)3)19(29)13-21(22)34-28-32-16-17(15-31)27(36-28)35-26-20(30)7-6-8-24(26)40-4/h5-8,13-14,16,18H,1,9-12H2,2-4H3,(H,33,39)(H2,32,34,35,36). The Labute approximate surface area is 237 Å². The smallest absolute Gasteiger partial charge is 0.247 e. The molecule has 2 aromatic carbocycles. The van der Waals surface area contributed by atoms with Crippen molar-refractivity contribution in [2.75, 3.05) is 55.1 Å². The molecule has 0 saturated carbocycles. The van der Waals surface area contributed by atoms with E-state index in [0.29, 0.717) is 22.4 Å². The van der Waals surface area contributed by atoms with Crippen molar-refractivity contribution in [3.05, 3.63) is 65.6 Å². The molecule has 0 aliphatic carbocycles. The van der Waals surface area contributed by atoms with Crippen LogP contribution in [-0.2, 0) is 4.79 Å². The minimum atomic E-state index is -0.581. The van der Waals surface area contributed by atoms with E-state index < -0.39 is 11.7 Å². The molecule has 1 amide bonds. The minimum absolute atomic E-state index is 0.0236. The topological polar surface area (TPSA) is 118 Å². The first-order valence-electron chi connectivity index (χ1n) is 12.6. The largest absolute Gasteiger partial charge is 0.494 e. The monoisotopic (exact) mass is 564 g/mol. The van der Waals surface area contributed by atoms with Gasteiger partial charge in [-0.1, -0.05) is 24.2 Å². The van der Waals surface area contributed by atoms with Crippen molar-refractivity contribution < 1.29 is 13.9 Å². The van der Waals surface area contributed by atoms with Crippen LogP contribution in [0.15, 0.2) is 49.2 Å². The second-order valence-corrected chi connectivity index (χ2v) is 9.77. The van der Waals surface area contributed by atoms with Crippen LogP contribution in [0.5, 0.6) is 5.75 Å². The first-order valence-corrected chi connectivity index (χ1v) is 12.9. The van der Waals surface area contributed by atoms with Crippen molar-refractivity contribution >= 4 is 52.0 Å². The average molecular weight is 565 g/mol. The summed E-state index contributed by atoms with van der Waals surface area (Å²) in [7, 11) is 5.57. The number of hydrogen-bond acceptors (Lipinski definition) is 9. The van der Waals surface area contributed by atoms with E-state index in [1.807, 2.05) is 6.07 Å². The fourth-order valence-corrected chi connectivity index (χ4v) is 4.75. The number of amides is 1. The second kappa shape index (κ2) is 12.6. The van der Waals surface area contributed by atoms with Crippen molar-refractivity contribution in [2.24, 2.45) is 0 Å². The normalized spacial score (nSPS) is 13.5. The molecule has 1 aliphatic rings. The summed E-state index contributed by atoms with van der Waals surface area (Å²) in [4.78, 5) is 25.3. The molecule has 3 N–H and O–H groups in total. The van der Waals surface area contributed by atoms with E-state index in [2.05, 4.69) is 56.4 Å². The molecule has 1 aromatic heterocycles. The number of carbonyl (C=O) groups is 1. The van der Waals surface area contributed by atoms with Crippen LogP contribution in [0.1, 0.15) is 18.4 Å². The van der Waals surface area contributed by atoms with Crippen molar-refractivity contribution in [3.8, 4) is 11.8 Å². The predicted molar refractivity (Wildman–Crippen MR) is 155 cm³/mol. The average Bonchev–Trinajstić information content (AvgIpc) is 2.95. The lowest BCUT2D eigenvalue weighted by Gasteiger charge is -2.37. The molecule has 0 atom stereocenters.